The van der Waals surface area contributed by atoms with Crippen molar-refractivity contribution in [2.45, 2.75) is 19.4 Å². The summed E-state index contributed by atoms with van der Waals surface area (Å²) in [6, 6.07) is 5.99. The quantitative estimate of drug-likeness (QED) is 0.806. The molecule has 0 aliphatic carbocycles. The van der Waals surface area contributed by atoms with Crippen LogP contribution in [0.3, 0.4) is 0 Å². The zero-order valence-corrected chi connectivity index (χ0v) is 11.0. The van der Waals surface area contributed by atoms with Gasteiger partial charge in [0, 0.05) is 24.2 Å². The van der Waals surface area contributed by atoms with Crippen molar-refractivity contribution in [2.75, 3.05) is 30.3 Å². The molecule has 4 heteroatoms. The van der Waals surface area contributed by atoms with E-state index in [1.807, 2.05) is 12.1 Å². The van der Waals surface area contributed by atoms with Crippen LogP contribution in [0, 0.1) is 0 Å². The molecule has 3 nitrogen and oxygen atoms in total. The summed E-state index contributed by atoms with van der Waals surface area (Å²) < 4.78 is 6.69. The fourth-order valence-electron chi connectivity index (χ4n) is 2.00. The molecule has 0 spiro atoms. The molecular formula is C12H17BrN2O. The van der Waals surface area contributed by atoms with Gasteiger partial charge in [0.1, 0.15) is 0 Å². The number of hydrogen-bond donors (Lipinski definition) is 1. The lowest BCUT2D eigenvalue weighted by Gasteiger charge is -2.25. The molecule has 0 saturated carbocycles. The molecule has 1 heterocycles. The Morgan fingerprint density at radius 3 is 3.12 bits per heavy atom. The lowest BCUT2D eigenvalue weighted by Crippen LogP contribution is -2.30. The van der Waals surface area contributed by atoms with Crippen molar-refractivity contribution in [2.24, 2.45) is 0 Å². The number of hydrogen-bond acceptors (Lipinski definition) is 3. The van der Waals surface area contributed by atoms with E-state index in [0.29, 0.717) is 0 Å². The summed E-state index contributed by atoms with van der Waals surface area (Å²) in [6.07, 6.45) is 1.32. The maximum absolute atomic E-state index is 6.01. The monoisotopic (exact) mass is 284 g/mol. The van der Waals surface area contributed by atoms with E-state index in [-0.39, 0.29) is 6.10 Å². The number of benzene rings is 1. The molecular weight excluding hydrogens is 268 g/mol. The Labute approximate surface area is 105 Å². The van der Waals surface area contributed by atoms with Gasteiger partial charge < -0.3 is 15.4 Å². The number of nitrogens with two attached hydrogens (primary N) is 1. The Kier molecular flexibility index (Phi) is 3.71. The van der Waals surface area contributed by atoms with Gasteiger partial charge in [0.25, 0.3) is 0 Å². The molecule has 0 amide bonds. The number of nitrogen functional groups attached to an aromatic ring is 1. The predicted molar refractivity (Wildman–Crippen MR) is 70.8 cm³/mol. The minimum Gasteiger partial charge on any atom is -0.397 e. The molecule has 0 aromatic heterocycles. The normalized spacial score (nSPS) is 21.9. The summed E-state index contributed by atoms with van der Waals surface area (Å²) in [5.41, 5.74) is 7.95. The largest absolute Gasteiger partial charge is 0.397 e. The van der Waals surface area contributed by atoms with Crippen LogP contribution in [0.1, 0.15) is 13.3 Å². The predicted octanol–water partition coefficient (Wildman–Crippen LogP) is 2.65. The molecule has 0 bridgehead atoms. The maximum atomic E-state index is 6.01. The first-order valence-electron chi connectivity index (χ1n) is 5.58. The van der Waals surface area contributed by atoms with E-state index in [1.165, 1.54) is 0 Å². The van der Waals surface area contributed by atoms with Crippen LogP contribution in [0.2, 0.25) is 0 Å². The summed E-state index contributed by atoms with van der Waals surface area (Å²) in [5, 5.41) is 0. The van der Waals surface area contributed by atoms with Gasteiger partial charge in [-0.3, -0.25) is 0 Å². The second kappa shape index (κ2) is 5.06. The standard InChI is InChI=1S/C12H17BrN2O/c1-9-8-15(5-2-6-16-9)12-7-10(13)3-4-11(12)14/h3-4,7,9H,2,5-6,8,14H2,1H3. The smallest absolute Gasteiger partial charge is 0.0721 e. The fraction of sp³-hybridized carbons (Fsp3) is 0.500. The first-order chi connectivity index (χ1) is 7.66. The van der Waals surface area contributed by atoms with Crippen LogP contribution in [0.4, 0.5) is 11.4 Å². The van der Waals surface area contributed by atoms with Crippen molar-refractivity contribution < 1.29 is 4.74 Å². The van der Waals surface area contributed by atoms with Crippen molar-refractivity contribution in [1.82, 2.24) is 0 Å². The summed E-state index contributed by atoms with van der Waals surface area (Å²) in [4.78, 5) is 2.30. The Hall–Kier alpha value is -0.740. The van der Waals surface area contributed by atoms with Crippen LogP contribution in [-0.2, 0) is 4.74 Å². The summed E-state index contributed by atoms with van der Waals surface area (Å²) in [7, 11) is 0. The van der Waals surface area contributed by atoms with Crippen LogP contribution in [0.15, 0.2) is 22.7 Å². The number of rotatable bonds is 1. The zero-order chi connectivity index (χ0) is 11.5. The molecule has 1 aromatic rings. The second-order valence-corrected chi connectivity index (χ2v) is 5.10. The molecule has 16 heavy (non-hydrogen) atoms. The van der Waals surface area contributed by atoms with Gasteiger partial charge in [-0.1, -0.05) is 15.9 Å². The van der Waals surface area contributed by atoms with E-state index >= 15 is 0 Å². The molecule has 1 fully saturated rings. The molecule has 88 valence electrons. The molecule has 1 unspecified atom stereocenters. The van der Waals surface area contributed by atoms with Gasteiger partial charge in [0.05, 0.1) is 17.5 Å². The number of anilines is 2. The minimum atomic E-state index is 0.265. The highest BCUT2D eigenvalue weighted by Gasteiger charge is 2.17. The van der Waals surface area contributed by atoms with E-state index in [1.54, 1.807) is 0 Å². The van der Waals surface area contributed by atoms with Crippen molar-refractivity contribution >= 4 is 27.3 Å². The molecule has 0 radical (unpaired) electrons. The fourth-order valence-corrected chi connectivity index (χ4v) is 2.35. The molecule has 2 N–H and O–H groups in total. The van der Waals surface area contributed by atoms with Gasteiger partial charge >= 0.3 is 0 Å². The molecule has 1 aromatic carbocycles. The SMILES string of the molecule is CC1CN(c2cc(Br)ccc2N)CCCO1. The highest BCUT2D eigenvalue weighted by atomic mass is 79.9. The molecule has 1 aliphatic rings. The Balaban J connectivity index is 2.24. The summed E-state index contributed by atoms with van der Waals surface area (Å²) in [6.45, 7) is 4.85. The highest BCUT2D eigenvalue weighted by Crippen LogP contribution is 2.28. The van der Waals surface area contributed by atoms with Crippen LogP contribution in [-0.4, -0.2) is 25.8 Å². The topological polar surface area (TPSA) is 38.5 Å². The van der Waals surface area contributed by atoms with Gasteiger partial charge in [-0.25, -0.2) is 0 Å². The molecule has 1 aliphatic heterocycles. The lowest BCUT2D eigenvalue weighted by molar-refractivity contribution is 0.0821. The third-order valence-corrected chi connectivity index (χ3v) is 3.28. The van der Waals surface area contributed by atoms with Gasteiger partial charge in [-0.05, 0) is 31.5 Å². The van der Waals surface area contributed by atoms with Crippen LogP contribution in [0.25, 0.3) is 0 Å². The summed E-state index contributed by atoms with van der Waals surface area (Å²) in [5.74, 6) is 0. The average Bonchev–Trinajstić information content (AvgIpc) is 2.46. The van der Waals surface area contributed by atoms with Gasteiger partial charge in [0.15, 0.2) is 0 Å². The van der Waals surface area contributed by atoms with Crippen LogP contribution < -0.4 is 10.6 Å². The second-order valence-electron chi connectivity index (χ2n) is 4.18. The van der Waals surface area contributed by atoms with Gasteiger partial charge in [-0.15, -0.1) is 0 Å². The number of ether oxygens (including phenoxy) is 1. The van der Waals surface area contributed by atoms with Crippen molar-refractivity contribution in [3.05, 3.63) is 22.7 Å². The average molecular weight is 285 g/mol. The highest BCUT2D eigenvalue weighted by molar-refractivity contribution is 9.10. The first-order valence-corrected chi connectivity index (χ1v) is 6.37. The first kappa shape index (κ1) is 11.7. The third kappa shape index (κ3) is 2.68. The minimum absolute atomic E-state index is 0.265. The van der Waals surface area contributed by atoms with Gasteiger partial charge in [-0.2, -0.15) is 0 Å². The van der Waals surface area contributed by atoms with E-state index < -0.39 is 0 Å². The van der Waals surface area contributed by atoms with Crippen molar-refractivity contribution in [3.63, 3.8) is 0 Å². The molecule has 1 saturated heterocycles. The van der Waals surface area contributed by atoms with Crippen molar-refractivity contribution in [1.29, 1.82) is 0 Å². The molecule has 1 atom stereocenters. The molecule has 2 rings (SSSR count). The third-order valence-electron chi connectivity index (χ3n) is 2.79. The van der Waals surface area contributed by atoms with Crippen molar-refractivity contribution in [3.8, 4) is 0 Å². The van der Waals surface area contributed by atoms with Crippen LogP contribution >= 0.6 is 15.9 Å². The summed E-state index contributed by atoms with van der Waals surface area (Å²) >= 11 is 3.48. The van der Waals surface area contributed by atoms with E-state index in [0.717, 1.165) is 42.0 Å². The Morgan fingerprint density at radius 2 is 2.31 bits per heavy atom. The van der Waals surface area contributed by atoms with E-state index in [2.05, 4.69) is 33.8 Å². The Bertz CT molecular complexity index is 370. The Morgan fingerprint density at radius 1 is 1.50 bits per heavy atom. The van der Waals surface area contributed by atoms with E-state index in [4.69, 9.17) is 10.5 Å². The van der Waals surface area contributed by atoms with Crippen LogP contribution in [0.5, 0.6) is 0 Å². The maximum Gasteiger partial charge on any atom is 0.0721 e. The van der Waals surface area contributed by atoms with Gasteiger partial charge in [0.2, 0.25) is 0 Å². The number of halogens is 1. The number of nitrogens with zero attached hydrogens (tertiary/aromatic N) is 1. The van der Waals surface area contributed by atoms with E-state index in [9.17, 15) is 0 Å². The zero-order valence-electron chi connectivity index (χ0n) is 9.45. The lowest BCUT2D eigenvalue weighted by atomic mass is 10.2.